The van der Waals surface area contributed by atoms with Crippen molar-refractivity contribution in [2.45, 2.75) is 75.4 Å². The second-order valence-electron chi connectivity index (χ2n) is 12.3. The van der Waals surface area contributed by atoms with E-state index < -0.39 is 10.0 Å². The van der Waals surface area contributed by atoms with Gasteiger partial charge >= 0.3 is 5.97 Å². The van der Waals surface area contributed by atoms with Crippen LogP contribution in [0.15, 0.2) is 77.7 Å². The Balaban J connectivity index is 1.07. The number of hydrogen-bond acceptors (Lipinski definition) is 7. The lowest BCUT2D eigenvalue weighted by Gasteiger charge is -2.29. The van der Waals surface area contributed by atoms with Gasteiger partial charge in [0.2, 0.25) is 15.9 Å². The molecule has 1 saturated heterocycles. The quantitative estimate of drug-likeness (QED) is 0.228. The van der Waals surface area contributed by atoms with Gasteiger partial charge in [0.1, 0.15) is 24.2 Å². The third kappa shape index (κ3) is 9.18. The first-order chi connectivity index (χ1) is 22.6. The van der Waals surface area contributed by atoms with Crippen LogP contribution >= 0.6 is 0 Å². The lowest BCUT2D eigenvalue weighted by Crippen LogP contribution is -2.41. The maximum atomic E-state index is 13.2. The largest absolute Gasteiger partial charge is 0.492 e. The van der Waals surface area contributed by atoms with E-state index >= 15 is 0 Å². The van der Waals surface area contributed by atoms with E-state index in [1.54, 1.807) is 36.4 Å². The summed E-state index contributed by atoms with van der Waals surface area (Å²) in [5.41, 5.74) is 2.64. The smallest absolute Gasteiger partial charge is 0.323 e. The summed E-state index contributed by atoms with van der Waals surface area (Å²) in [4.78, 5) is 27.3. The highest BCUT2D eigenvalue weighted by molar-refractivity contribution is 7.89. The van der Waals surface area contributed by atoms with Crippen LogP contribution in [0.2, 0.25) is 0 Å². The number of carbonyl (C=O) groups is 2. The van der Waals surface area contributed by atoms with Gasteiger partial charge < -0.3 is 14.8 Å². The summed E-state index contributed by atoms with van der Waals surface area (Å²) in [6.45, 7) is 6.02. The van der Waals surface area contributed by atoms with Gasteiger partial charge in [-0.2, -0.15) is 0 Å². The van der Waals surface area contributed by atoms with Crippen molar-refractivity contribution in [3.63, 3.8) is 0 Å². The van der Waals surface area contributed by atoms with Crippen molar-refractivity contribution in [1.29, 1.82) is 0 Å². The monoisotopic (exact) mass is 665 g/mol. The highest BCUT2D eigenvalue weighted by Crippen LogP contribution is 2.28. The molecule has 1 aliphatic heterocycles. The average Bonchev–Trinajstić information content (AvgIpc) is 3.54. The lowest BCUT2D eigenvalue weighted by atomic mass is 9.85. The summed E-state index contributed by atoms with van der Waals surface area (Å²) >= 11 is 0. The van der Waals surface area contributed by atoms with Crippen LogP contribution in [-0.2, 0) is 24.3 Å². The van der Waals surface area contributed by atoms with E-state index in [0.29, 0.717) is 45.4 Å². The Labute approximate surface area is 276 Å². The van der Waals surface area contributed by atoms with Crippen molar-refractivity contribution in [3.05, 3.63) is 84.2 Å². The fraction of sp³-hybridized carbons (Fsp3) is 0.444. The molecule has 2 fully saturated rings. The van der Waals surface area contributed by atoms with Gasteiger partial charge in [-0.1, -0.05) is 36.4 Å². The number of benzene rings is 3. The second kappa shape index (κ2) is 15.9. The Kier molecular flexibility index (Phi) is 11.7. The van der Waals surface area contributed by atoms with Crippen LogP contribution in [-0.4, -0.2) is 63.6 Å². The van der Waals surface area contributed by atoms with Gasteiger partial charge in [0.05, 0.1) is 17.5 Å². The predicted molar refractivity (Wildman–Crippen MR) is 178 cm³/mol. The first kappa shape index (κ1) is 34.5. The van der Waals surface area contributed by atoms with Crippen LogP contribution in [0.25, 0.3) is 11.1 Å². The van der Waals surface area contributed by atoms with Crippen molar-refractivity contribution in [3.8, 4) is 16.9 Å². The number of likely N-dealkylation sites (tertiary alicyclic amines) is 1. The van der Waals surface area contributed by atoms with E-state index in [2.05, 4.69) is 14.9 Å². The number of sulfonamides is 1. The molecule has 47 heavy (non-hydrogen) atoms. The number of nitrogens with zero attached hydrogens (tertiary/aromatic N) is 1. The zero-order chi connectivity index (χ0) is 33.4. The van der Waals surface area contributed by atoms with Crippen LogP contribution in [0.4, 0.5) is 4.39 Å². The molecule has 3 aromatic carbocycles. The van der Waals surface area contributed by atoms with Gasteiger partial charge in [0, 0.05) is 18.5 Å². The van der Waals surface area contributed by atoms with Gasteiger partial charge in [-0.3, -0.25) is 14.5 Å². The topological polar surface area (TPSA) is 114 Å². The minimum absolute atomic E-state index is 0.0652. The number of esters is 1. The van der Waals surface area contributed by atoms with Crippen molar-refractivity contribution in [2.75, 3.05) is 26.3 Å². The molecule has 252 valence electrons. The molecule has 2 N–H and O–H groups in total. The van der Waals surface area contributed by atoms with Crippen LogP contribution in [0, 0.1) is 11.7 Å². The van der Waals surface area contributed by atoms with E-state index in [9.17, 15) is 22.4 Å². The minimum Gasteiger partial charge on any atom is -0.492 e. The standard InChI is InChI=1S/C36H44FN3O6S/c1-3-45-36(42)34-5-4-22-40(34)23-24-46-32-18-10-27(11-19-32)28-12-20-33(21-13-28)47(43,44)39-31-16-8-29(9-17-31)35(41)38-25(2)26-6-14-30(37)15-7-26/h6-7,10-15,18-21,25,29,31,34,39H,3-5,8-9,16-17,22-24H2,1-2H3,(H,38,41)/t25-,29-,31-,34+/m1/s1. The van der Waals surface area contributed by atoms with E-state index in [1.165, 1.54) is 12.1 Å². The predicted octanol–water partition coefficient (Wildman–Crippen LogP) is 5.61. The Hall–Kier alpha value is -3.80. The Morgan fingerprint density at radius 1 is 0.915 bits per heavy atom. The van der Waals surface area contributed by atoms with Crippen LogP contribution < -0.4 is 14.8 Å². The van der Waals surface area contributed by atoms with E-state index in [4.69, 9.17) is 9.47 Å². The van der Waals surface area contributed by atoms with Crippen molar-refractivity contribution < 1.29 is 31.9 Å². The normalized spacial score (nSPS) is 20.8. The Bertz CT molecular complexity index is 1590. The highest BCUT2D eigenvalue weighted by atomic mass is 32.2. The SMILES string of the molecule is CCOC(=O)[C@@H]1CCCN1CCOc1ccc(-c2ccc(S(=O)(=O)N[C@H]3CC[C@H](C(=O)N[C@H](C)c4ccc(F)cc4)CC3)cc2)cc1. The van der Waals surface area contributed by atoms with E-state index in [1.807, 2.05) is 38.1 Å². The van der Waals surface area contributed by atoms with E-state index in [0.717, 1.165) is 41.8 Å². The summed E-state index contributed by atoms with van der Waals surface area (Å²) in [6.07, 6.45) is 4.08. The van der Waals surface area contributed by atoms with Crippen molar-refractivity contribution in [2.24, 2.45) is 5.92 Å². The maximum absolute atomic E-state index is 13.2. The maximum Gasteiger partial charge on any atom is 0.323 e. The summed E-state index contributed by atoms with van der Waals surface area (Å²) in [7, 11) is -3.73. The first-order valence-electron chi connectivity index (χ1n) is 16.4. The second-order valence-corrected chi connectivity index (χ2v) is 14.0. The number of halogens is 1. The number of amides is 1. The van der Waals surface area contributed by atoms with Gasteiger partial charge in [-0.05, 0) is 112 Å². The van der Waals surface area contributed by atoms with E-state index in [-0.39, 0.29) is 46.6 Å². The first-order valence-corrected chi connectivity index (χ1v) is 17.9. The van der Waals surface area contributed by atoms with Gasteiger partial charge in [-0.25, -0.2) is 17.5 Å². The summed E-state index contributed by atoms with van der Waals surface area (Å²) in [5, 5.41) is 3.00. The molecule has 2 atom stereocenters. The number of rotatable bonds is 13. The molecule has 5 rings (SSSR count). The fourth-order valence-corrected chi connectivity index (χ4v) is 7.68. The molecule has 3 aromatic rings. The molecule has 0 spiro atoms. The molecule has 0 bridgehead atoms. The number of ether oxygens (including phenoxy) is 2. The third-order valence-corrected chi connectivity index (χ3v) is 10.6. The molecule has 1 aliphatic carbocycles. The summed E-state index contributed by atoms with van der Waals surface area (Å²) < 4.78 is 53.5. The van der Waals surface area contributed by atoms with Crippen molar-refractivity contribution in [1.82, 2.24) is 14.9 Å². The lowest BCUT2D eigenvalue weighted by molar-refractivity contribution is -0.148. The van der Waals surface area contributed by atoms with Crippen LogP contribution in [0.1, 0.15) is 64.0 Å². The Morgan fingerprint density at radius 3 is 2.19 bits per heavy atom. The van der Waals surface area contributed by atoms with Crippen molar-refractivity contribution >= 4 is 21.9 Å². The molecule has 0 aromatic heterocycles. The summed E-state index contributed by atoms with van der Waals surface area (Å²) in [6, 6.07) is 19.8. The van der Waals surface area contributed by atoms with Crippen LogP contribution in [0.3, 0.4) is 0 Å². The third-order valence-electron chi connectivity index (χ3n) is 9.07. The number of nitrogens with one attached hydrogen (secondary N) is 2. The zero-order valence-electron chi connectivity index (χ0n) is 27.0. The molecule has 1 heterocycles. The molecule has 0 radical (unpaired) electrons. The molecule has 9 nitrogen and oxygen atoms in total. The molecular weight excluding hydrogens is 621 g/mol. The number of carbonyl (C=O) groups excluding carboxylic acids is 2. The van der Waals surface area contributed by atoms with Gasteiger partial charge in [0.15, 0.2) is 0 Å². The highest BCUT2D eigenvalue weighted by Gasteiger charge is 2.32. The molecular formula is C36H44FN3O6S. The molecule has 2 aliphatic rings. The fourth-order valence-electron chi connectivity index (χ4n) is 6.38. The van der Waals surface area contributed by atoms with Gasteiger partial charge in [0.25, 0.3) is 0 Å². The van der Waals surface area contributed by atoms with Crippen LogP contribution in [0.5, 0.6) is 5.75 Å². The number of hydrogen-bond donors (Lipinski definition) is 2. The molecule has 1 saturated carbocycles. The molecule has 0 unspecified atom stereocenters. The molecule has 1 amide bonds. The Morgan fingerprint density at radius 2 is 1.55 bits per heavy atom. The average molecular weight is 666 g/mol. The molecule has 11 heteroatoms. The zero-order valence-corrected chi connectivity index (χ0v) is 27.8. The minimum atomic E-state index is -3.73. The van der Waals surface area contributed by atoms with Gasteiger partial charge in [-0.15, -0.1) is 0 Å². The summed E-state index contributed by atoms with van der Waals surface area (Å²) in [5.74, 6) is -0.0198.